The minimum absolute atomic E-state index is 0.285. The van der Waals surface area contributed by atoms with Crippen molar-refractivity contribution in [1.29, 1.82) is 0 Å². The van der Waals surface area contributed by atoms with E-state index in [0.717, 1.165) is 22.4 Å². The van der Waals surface area contributed by atoms with Gasteiger partial charge in [-0.15, -0.1) is 0 Å². The maximum atomic E-state index is 11.0. The second-order valence-corrected chi connectivity index (χ2v) is 5.45. The van der Waals surface area contributed by atoms with Crippen LogP contribution in [0.4, 0.5) is 0 Å². The van der Waals surface area contributed by atoms with Gasteiger partial charge in [0.25, 0.3) is 0 Å². The molecular weight excluding hydrogens is 238 g/mol. The normalized spacial score (nSPS) is 16.8. The quantitative estimate of drug-likeness (QED) is 0.887. The lowest BCUT2D eigenvalue weighted by Crippen LogP contribution is -2.13. The van der Waals surface area contributed by atoms with Crippen LogP contribution in [0, 0.1) is 0 Å². The molecule has 3 rings (SSSR count). The number of aromatic amines is 1. The largest absolute Gasteiger partial charge is 0.369 e. The summed E-state index contributed by atoms with van der Waals surface area (Å²) in [5.74, 6) is 1.37. The first-order valence-corrected chi connectivity index (χ1v) is 6.99. The number of nitrogens with two attached hydrogens (primary N) is 1. The molecule has 0 bridgehead atoms. The van der Waals surface area contributed by atoms with E-state index in [9.17, 15) is 4.79 Å². The van der Waals surface area contributed by atoms with Gasteiger partial charge in [-0.05, 0) is 30.5 Å². The monoisotopic (exact) mass is 257 g/mol. The number of hydrogen-bond donors (Lipinski definition) is 2. The number of H-pyrrole nitrogens is 1. The van der Waals surface area contributed by atoms with Gasteiger partial charge >= 0.3 is 0 Å². The Bertz CT molecular complexity index is 596. The highest BCUT2D eigenvalue weighted by atomic mass is 16.1. The third kappa shape index (κ3) is 2.62. The van der Waals surface area contributed by atoms with Crippen molar-refractivity contribution >= 4 is 16.9 Å². The lowest BCUT2D eigenvalue weighted by molar-refractivity contribution is -0.117. The summed E-state index contributed by atoms with van der Waals surface area (Å²) in [5, 5.41) is 0. The van der Waals surface area contributed by atoms with Crippen molar-refractivity contribution in [2.45, 2.75) is 44.4 Å². The zero-order valence-electron chi connectivity index (χ0n) is 11.0. The Kier molecular flexibility index (Phi) is 3.23. The summed E-state index contributed by atoms with van der Waals surface area (Å²) in [5.41, 5.74) is 8.16. The summed E-state index contributed by atoms with van der Waals surface area (Å²) in [7, 11) is 0. The highest BCUT2D eigenvalue weighted by Crippen LogP contribution is 2.32. The Morgan fingerprint density at radius 3 is 2.84 bits per heavy atom. The summed E-state index contributed by atoms with van der Waals surface area (Å²) < 4.78 is 0. The molecule has 1 amide bonds. The number of amides is 1. The van der Waals surface area contributed by atoms with Crippen LogP contribution in [0.15, 0.2) is 18.2 Å². The van der Waals surface area contributed by atoms with Crippen LogP contribution in [0.2, 0.25) is 0 Å². The second-order valence-electron chi connectivity index (χ2n) is 5.45. The van der Waals surface area contributed by atoms with Gasteiger partial charge in [0.1, 0.15) is 5.82 Å². The summed E-state index contributed by atoms with van der Waals surface area (Å²) in [6.07, 6.45) is 6.69. The summed E-state index contributed by atoms with van der Waals surface area (Å²) in [6.45, 7) is 0. The molecule has 0 spiro atoms. The Labute approximate surface area is 112 Å². The number of carbonyl (C=O) groups is 1. The Balaban J connectivity index is 1.89. The van der Waals surface area contributed by atoms with Crippen molar-refractivity contribution in [3.63, 3.8) is 0 Å². The second kappa shape index (κ2) is 5.03. The van der Waals surface area contributed by atoms with E-state index >= 15 is 0 Å². The van der Waals surface area contributed by atoms with Gasteiger partial charge in [0.05, 0.1) is 17.5 Å². The highest BCUT2D eigenvalue weighted by Gasteiger charge is 2.18. The molecule has 0 saturated heterocycles. The smallest absolute Gasteiger partial charge is 0.221 e. The Morgan fingerprint density at radius 2 is 2.11 bits per heavy atom. The van der Waals surface area contributed by atoms with Crippen LogP contribution in [-0.4, -0.2) is 15.9 Å². The van der Waals surface area contributed by atoms with E-state index in [-0.39, 0.29) is 12.3 Å². The van der Waals surface area contributed by atoms with Crippen LogP contribution in [0.1, 0.15) is 49.4 Å². The Hall–Kier alpha value is -1.84. The molecule has 4 nitrogen and oxygen atoms in total. The van der Waals surface area contributed by atoms with Crippen LogP contribution >= 0.6 is 0 Å². The number of benzene rings is 1. The molecule has 1 aliphatic carbocycles. The molecule has 0 unspecified atom stereocenters. The van der Waals surface area contributed by atoms with Crippen LogP contribution in [0.5, 0.6) is 0 Å². The van der Waals surface area contributed by atoms with Crippen LogP contribution in [0.3, 0.4) is 0 Å². The number of rotatable bonds is 3. The molecule has 0 aliphatic heterocycles. The fourth-order valence-electron chi connectivity index (χ4n) is 2.96. The topological polar surface area (TPSA) is 71.8 Å². The number of primary amides is 1. The number of nitrogens with one attached hydrogen (secondary N) is 1. The number of fused-ring (bicyclic) bond motifs is 1. The van der Waals surface area contributed by atoms with E-state index in [2.05, 4.69) is 9.97 Å². The van der Waals surface area contributed by atoms with Crippen LogP contribution < -0.4 is 5.73 Å². The molecule has 3 N–H and O–H groups in total. The van der Waals surface area contributed by atoms with Crippen molar-refractivity contribution < 1.29 is 4.79 Å². The first-order chi connectivity index (χ1) is 9.22. The number of hydrogen-bond acceptors (Lipinski definition) is 2. The fraction of sp³-hybridized carbons (Fsp3) is 0.467. The molecule has 1 aromatic heterocycles. The van der Waals surface area contributed by atoms with Gasteiger partial charge in [-0.3, -0.25) is 4.79 Å². The van der Waals surface area contributed by atoms with Crippen LogP contribution in [0.25, 0.3) is 11.0 Å². The number of carbonyl (C=O) groups excluding carboxylic acids is 1. The Morgan fingerprint density at radius 1 is 1.32 bits per heavy atom. The van der Waals surface area contributed by atoms with E-state index < -0.39 is 0 Å². The summed E-state index contributed by atoms with van der Waals surface area (Å²) in [6, 6.07) is 5.88. The third-order valence-corrected chi connectivity index (χ3v) is 3.93. The standard InChI is InChI=1S/C15H19N3O/c16-14(19)9-10-6-7-12-13(8-10)18-15(17-12)11-4-2-1-3-5-11/h6-8,11H,1-5,9H2,(H2,16,19)(H,17,18). The molecule has 0 atom stereocenters. The summed E-state index contributed by atoms with van der Waals surface area (Å²) in [4.78, 5) is 19.1. The predicted molar refractivity (Wildman–Crippen MR) is 74.8 cm³/mol. The average molecular weight is 257 g/mol. The molecular formula is C15H19N3O. The van der Waals surface area contributed by atoms with Gasteiger partial charge in [0.2, 0.25) is 5.91 Å². The fourth-order valence-corrected chi connectivity index (χ4v) is 2.96. The maximum absolute atomic E-state index is 11.0. The van der Waals surface area contributed by atoms with E-state index in [0.29, 0.717) is 5.92 Å². The van der Waals surface area contributed by atoms with Crippen molar-refractivity contribution in [2.75, 3.05) is 0 Å². The van der Waals surface area contributed by atoms with Gasteiger partial charge in [0.15, 0.2) is 0 Å². The van der Waals surface area contributed by atoms with Crippen molar-refractivity contribution in [2.24, 2.45) is 5.73 Å². The molecule has 1 heterocycles. The van der Waals surface area contributed by atoms with Gasteiger partial charge in [-0.2, -0.15) is 0 Å². The number of aromatic nitrogens is 2. The minimum atomic E-state index is -0.300. The van der Waals surface area contributed by atoms with E-state index in [4.69, 9.17) is 5.73 Å². The predicted octanol–water partition coefficient (Wildman–Crippen LogP) is 2.64. The van der Waals surface area contributed by atoms with Crippen molar-refractivity contribution in [1.82, 2.24) is 9.97 Å². The van der Waals surface area contributed by atoms with Gasteiger partial charge < -0.3 is 10.7 Å². The molecule has 1 aliphatic rings. The molecule has 1 fully saturated rings. The third-order valence-electron chi connectivity index (χ3n) is 3.93. The number of nitrogens with zero attached hydrogens (tertiary/aromatic N) is 1. The number of imidazole rings is 1. The molecule has 1 saturated carbocycles. The van der Waals surface area contributed by atoms with Gasteiger partial charge in [-0.25, -0.2) is 4.98 Å². The molecule has 2 aromatic rings. The molecule has 4 heteroatoms. The molecule has 100 valence electrons. The molecule has 1 aromatic carbocycles. The zero-order chi connectivity index (χ0) is 13.2. The average Bonchev–Trinajstić information content (AvgIpc) is 2.82. The minimum Gasteiger partial charge on any atom is -0.369 e. The first kappa shape index (κ1) is 12.2. The van der Waals surface area contributed by atoms with E-state index in [1.807, 2.05) is 18.2 Å². The van der Waals surface area contributed by atoms with E-state index in [1.54, 1.807) is 0 Å². The van der Waals surface area contributed by atoms with Crippen molar-refractivity contribution in [3.05, 3.63) is 29.6 Å². The van der Waals surface area contributed by atoms with Gasteiger partial charge in [0, 0.05) is 5.92 Å². The molecule has 19 heavy (non-hydrogen) atoms. The van der Waals surface area contributed by atoms with Crippen molar-refractivity contribution in [3.8, 4) is 0 Å². The zero-order valence-corrected chi connectivity index (χ0v) is 11.0. The highest BCUT2D eigenvalue weighted by molar-refractivity contribution is 5.80. The van der Waals surface area contributed by atoms with Gasteiger partial charge in [-0.1, -0.05) is 25.3 Å². The molecule has 0 radical (unpaired) electrons. The first-order valence-electron chi connectivity index (χ1n) is 6.99. The lowest BCUT2D eigenvalue weighted by Gasteiger charge is -2.18. The van der Waals surface area contributed by atoms with E-state index in [1.165, 1.54) is 32.1 Å². The SMILES string of the molecule is NC(=O)Cc1ccc2nc(C3CCCCC3)[nH]c2c1. The lowest BCUT2D eigenvalue weighted by atomic mass is 9.89. The van der Waals surface area contributed by atoms with Crippen LogP contribution in [-0.2, 0) is 11.2 Å². The summed E-state index contributed by atoms with van der Waals surface area (Å²) >= 11 is 0. The maximum Gasteiger partial charge on any atom is 0.221 e.